The highest BCUT2D eigenvalue weighted by molar-refractivity contribution is 5.90. The van der Waals surface area contributed by atoms with Crippen LogP contribution in [-0.2, 0) is 16.0 Å². The summed E-state index contributed by atoms with van der Waals surface area (Å²) in [7, 11) is 0. The summed E-state index contributed by atoms with van der Waals surface area (Å²) in [4.78, 5) is 28.4. The van der Waals surface area contributed by atoms with Gasteiger partial charge in [-0.25, -0.2) is 4.79 Å². The van der Waals surface area contributed by atoms with Crippen molar-refractivity contribution in [3.05, 3.63) is 60.3 Å². The highest BCUT2D eigenvalue weighted by Crippen LogP contribution is 2.23. The number of esters is 1. The second-order valence-electron chi connectivity index (χ2n) is 5.77. The van der Waals surface area contributed by atoms with E-state index in [-0.39, 0.29) is 18.5 Å². The molecule has 0 aliphatic carbocycles. The molecule has 1 aliphatic rings. The molecule has 25 heavy (non-hydrogen) atoms. The monoisotopic (exact) mass is 336 g/mol. The van der Waals surface area contributed by atoms with Gasteiger partial charge in [0, 0.05) is 22.8 Å². The quantitative estimate of drug-likeness (QED) is 0.586. The number of carbonyl (C=O) groups is 2. The van der Waals surface area contributed by atoms with Crippen LogP contribution in [0.15, 0.2) is 54.7 Å². The number of fused-ring (bicyclic) bond motifs is 1. The molecule has 0 saturated carbocycles. The first kappa shape index (κ1) is 15.3. The van der Waals surface area contributed by atoms with E-state index in [1.807, 2.05) is 30.5 Å². The molecule has 1 fully saturated rings. The Labute approximate surface area is 144 Å². The molecule has 1 amide bonds. The molecule has 0 atom stereocenters. The highest BCUT2D eigenvalue weighted by atomic mass is 16.6. The second kappa shape index (κ2) is 6.32. The van der Waals surface area contributed by atoms with Crippen LogP contribution in [0.2, 0.25) is 0 Å². The predicted octanol–water partition coefficient (Wildman–Crippen LogP) is 3.27. The van der Waals surface area contributed by atoms with Gasteiger partial charge < -0.3 is 14.5 Å². The number of cyclic esters (lactones) is 1. The zero-order valence-corrected chi connectivity index (χ0v) is 13.4. The molecule has 0 unspecified atom stereocenters. The normalized spacial score (nSPS) is 13.9. The molecule has 4 rings (SSSR count). The van der Waals surface area contributed by atoms with Crippen molar-refractivity contribution in [3.8, 4) is 5.75 Å². The van der Waals surface area contributed by atoms with E-state index in [0.29, 0.717) is 18.9 Å². The van der Waals surface area contributed by atoms with Gasteiger partial charge in [0.1, 0.15) is 12.4 Å². The number of H-pyrrole nitrogens is 1. The molecule has 3 aromatic rings. The maximum atomic E-state index is 12.2. The Hall–Kier alpha value is -3.28. The number of rotatable bonds is 4. The average molecular weight is 336 g/mol. The van der Waals surface area contributed by atoms with Crippen molar-refractivity contribution < 1.29 is 19.1 Å². The molecule has 1 N–H and O–H groups in total. The second-order valence-corrected chi connectivity index (χ2v) is 5.77. The van der Waals surface area contributed by atoms with E-state index in [0.717, 1.165) is 22.2 Å². The number of nitrogens with zero attached hydrogens (tertiary/aromatic N) is 1. The Morgan fingerprint density at radius 1 is 1.16 bits per heavy atom. The van der Waals surface area contributed by atoms with Crippen LogP contribution >= 0.6 is 0 Å². The summed E-state index contributed by atoms with van der Waals surface area (Å²) in [6.45, 7) is 0.915. The SMILES string of the molecule is O=C(Cc1c[nH]c2ccccc12)Oc1ccc(N2CCOC2=O)cc1. The summed E-state index contributed by atoms with van der Waals surface area (Å²) in [6, 6.07) is 14.6. The molecule has 2 aromatic carbocycles. The third-order valence-electron chi connectivity index (χ3n) is 4.15. The molecular formula is C19H16N2O4. The molecular weight excluding hydrogens is 320 g/mol. The van der Waals surface area contributed by atoms with Crippen molar-refractivity contribution in [2.45, 2.75) is 6.42 Å². The molecule has 0 bridgehead atoms. The summed E-state index contributed by atoms with van der Waals surface area (Å²) in [5.41, 5.74) is 2.61. The topological polar surface area (TPSA) is 71.6 Å². The Morgan fingerprint density at radius 2 is 1.96 bits per heavy atom. The molecule has 0 radical (unpaired) electrons. The lowest BCUT2D eigenvalue weighted by Gasteiger charge is -2.13. The van der Waals surface area contributed by atoms with Crippen LogP contribution in [0.4, 0.5) is 10.5 Å². The first-order chi connectivity index (χ1) is 12.2. The molecule has 1 aromatic heterocycles. The zero-order valence-electron chi connectivity index (χ0n) is 13.4. The lowest BCUT2D eigenvalue weighted by molar-refractivity contribution is -0.133. The minimum Gasteiger partial charge on any atom is -0.447 e. The molecule has 6 nitrogen and oxygen atoms in total. The molecule has 2 heterocycles. The lowest BCUT2D eigenvalue weighted by atomic mass is 10.1. The van der Waals surface area contributed by atoms with Crippen LogP contribution in [0.5, 0.6) is 5.75 Å². The minimum absolute atomic E-state index is 0.185. The smallest absolute Gasteiger partial charge is 0.414 e. The van der Waals surface area contributed by atoms with Crippen molar-refractivity contribution >= 4 is 28.7 Å². The summed E-state index contributed by atoms with van der Waals surface area (Å²) in [5.74, 6) is 0.110. The number of aromatic amines is 1. The Morgan fingerprint density at radius 3 is 2.72 bits per heavy atom. The van der Waals surface area contributed by atoms with Crippen molar-refractivity contribution in [2.24, 2.45) is 0 Å². The summed E-state index contributed by atoms with van der Waals surface area (Å²) in [5, 5.41) is 1.02. The van der Waals surface area contributed by atoms with Gasteiger partial charge in [0.25, 0.3) is 0 Å². The standard InChI is InChI=1S/C19H16N2O4/c22-18(11-13-12-20-17-4-2-1-3-16(13)17)25-15-7-5-14(6-8-15)21-9-10-24-19(21)23/h1-8,12,20H,9-11H2. The number of amides is 1. The van der Waals surface area contributed by atoms with Gasteiger partial charge >= 0.3 is 12.1 Å². The molecule has 1 aliphatic heterocycles. The third kappa shape index (κ3) is 3.06. The number of para-hydroxylation sites is 1. The van der Waals surface area contributed by atoms with Crippen molar-refractivity contribution in [2.75, 3.05) is 18.1 Å². The molecule has 6 heteroatoms. The fourth-order valence-corrected chi connectivity index (χ4v) is 2.92. The van der Waals surface area contributed by atoms with Crippen LogP contribution < -0.4 is 9.64 Å². The number of anilines is 1. The van der Waals surface area contributed by atoms with Gasteiger partial charge in [-0.3, -0.25) is 9.69 Å². The average Bonchev–Trinajstić information content (AvgIpc) is 3.22. The number of ether oxygens (including phenoxy) is 2. The van der Waals surface area contributed by atoms with Gasteiger partial charge in [0.15, 0.2) is 0 Å². The van der Waals surface area contributed by atoms with E-state index in [1.165, 1.54) is 4.90 Å². The van der Waals surface area contributed by atoms with Crippen molar-refractivity contribution in [1.82, 2.24) is 4.98 Å². The van der Waals surface area contributed by atoms with E-state index in [4.69, 9.17) is 9.47 Å². The minimum atomic E-state index is -0.357. The van der Waals surface area contributed by atoms with Crippen molar-refractivity contribution in [3.63, 3.8) is 0 Å². The first-order valence-electron chi connectivity index (χ1n) is 8.01. The van der Waals surface area contributed by atoms with E-state index in [1.54, 1.807) is 24.3 Å². The van der Waals surface area contributed by atoms with Gasteiger partial charge in [0.2, 0.25) is 0 Å². The molecule has 1 saturated heterocycles. The molecule has 126 valence electrons. The van der Waals surface area contributed by atoms with Gasteiger partial charge in [-0.2, -0.15) is 0 Å². The number of hydrogen-bond acceptors (Lipinski definition) is 4. The number of nitrogens with one attached hydrogen (secondary N) is 1. The fourth-order valence-electron chi connectivity index (χ4n) is 2.92. The largest absolute Gasteiger partial charge is 0.447 e. The van der Waals surface area contributed by atoms with Crippen LogP contribution in [0, 0.1) is 0 Å². The summed E-state index contributed by atoms with van der Waals surface area (Å²) >= 11 is 0. The Bertz CT molecular complexity index is 930. The van der Waals surface area contributed by atoms with E-state index >= 15 is 0 Å². The van der Waals surface area contributed by atoms with Crippen LogP contribution in [0.25, 0.3) is 10.9 Å². The van der Waals surface area contributed by atoms with Crippen LogP contribution in [0.1, 0.15) is 5.56 Å². The maximum absolute atomic E-state index is 12.2. The predicted molar refractivity (Wildman–Crippen MR) is 92.8 cm³/mol. The summed E-state index contributed by atoms with van der Waals surface area (Å²) < 4.78 is 10.3. The molecule has 0 spiro atoms. The van der Waals surface area contributed by atoms with Gasteiger partial charge in [0.05, 0.1) is 13.0 Å². The van der Waals surface area contributed by atoms with Gasteiger partial charge in [-0.1, -0.05) is 18.2 Å². The van der Waals surface area contributed by atoms with E-state index in [2.05, 4.69) is 4.98 Å². The van der Waals surface area contributed by atoms with Gasteiger partial charge in [-0.15, -0.1) is 0 Å². The highest BCUT2D eigenvalue weighted by Gasteiger charge is 2.23. The number of aromatic nitrogens is 1. The lowest BCUT2D eigenvalue weighted by Crippen LogP contribution is -2.23. The first-order valence-corrected chi connectivity index (χ1v) is 8.01. The van der Waals surface area contributed by atoms with Gasteiger partial charge in [-0.05, 0) is 35.9 Å². The number of carbonyl (C=O) groups excluding carboxylic acids is 2. The third-order valence-corrected chi connectivity index (χ3v) is 4.15. The van der Waals surface area contributed by atoms with E-state index < -0.39 is 0 Å². The number of benzene rings is 2. The van der Waals surface area contributed by atoms with Crippen LogP contribution in [0.3, 0.4) is 0 Å². The zero-order chi connectivity index (χ0) is 17.2. The van der Waals surface area contributed by atoms with Crippen molar-refractivity contribution in [1.29, 1.82) is 0 Å². The maximum Gasteiger partial charge on any atom is 0.414 e. The Balaban J connectivity index is 1.43. The van der Waals surface area contributed by atoms with Crippen LogP contribution in [-0.4, -0.2) is 30.2 Å². The van der Waals surface area contributed by atoms with E-state index in [9.17, 15) is 9.59 Å². The number of hydrogen-bond donors (Lipinski definition) is 1. The fraction of sp³-hybridized carbons (Fsp3) is 0.158. The Kier molecular flexibility index (Phi) is 3.85. The summed E-state index contributed by atoms with van der Waals surface area (Å²) in [6.07, 6.45) is 1.65.